The molecule has 0 radical (unpaired) electrons. The Morgan fingerprint density at radius 3 is 2.61 bits per heavy atom. The third-order valence-corrected chi connectivity index (χ3v) is 6.13. The second kappa shape index (κ2) is 9.80. The first-order valence-electron chi connectivity index (χ1n) is 9.80. The monoisotopic (exact) mass is 400 g/mol. The van der Waals surface area contributed by atoms with Gasteiger partial charge >= 0.3 is 0 Å². The van der Waals surface area contributed by atoms with Crippen molar-refractivity contribution < 1.29 is 9.59 Å². The van der Waals surface area contributed by atoms with Crippen molar-refractivity contribution in [1.29, 1.82) is 0 Å². The summed E-state index contributed by atoms with van der Waals surface area (Å²) in [7, 11) is 0. The van der Waals surface area contributed by atoms with Crippen LogP contribution < -0.4 is 10.6 Å². The molecule has 1 aliphatic rings. The molecule has 150 valence electrons. The average molecular weight is 401 g/mol. The van der Waals surface area contributed by atoms with Gasteiger partial charge in [0, 0.05) is 32.1 Å². The average Bonchev–Trinajstić information content (AvgIpc) is 3.14. The Bertz CT molecular complexity index is 785. The summed E-state index contributed by atoms with van der Waals surface area (Å²) >= 11 is 1.38. The van der Waals surface area contributed by atoms with Crippen LogP contribution in [-0.4, -0.2) is 47.4 Å². The summed E-state index contributed by atoms with van der Waals surface area (Å²) in [6.07, 6.45) is 2.31. The molecule has 0 saturated carbocycles. The molecule has 0 bridgehead atoms. The fourth-order valence-electron chi connectivity index (χ4n) is 3.47. The Labute approximate surface area is 170 Å². The number of carbonyl (C=O) groups is 2. The number of benzene rings is 1. The minimum Gasteiger partial charge on any atom is -0.350 e. The molecule has 6 nitrogen and oxygen atoms in total. The van der Waals surface area contributed by atoms with Crippen LogP contribution in [0.4, 0.5) is 0 Å². The number of piperidine rings is 1. The molecular weight excluding hydrogens is 372 g/mol. The molecule has 3 rings (SSSR count). The number of thiazole rings is 1. The summed E-state index contributed by atoms with van der Waals surface area (Å²) in [6.45, 7) is 6.41. The minimum absolute atomic E-state index is 0.0184. The van der Waals surface area contributed by atoms with Crippen LogP contribution in [0.1, 0.15) is 53.2 Å². The van der Waals surface area contributed by atoms with Gasteiger partial charge in [-0.1, -0.05) is 30.3 Å². The van der Waals surface area contributed by atoms with E-state index in [1.165, 1.54) is 11.3 Å². The summed E-state index contributed by atoms with van der Waals surface area (Å²) in [6, 6.07) is 10.2. The molecule has 28 heavy (non-hydrogen) atoms. The molecule has 1 atom stereocenters. The fourth-order valence-corrected chi connectivity index (χ4v) is 4.18. The molecule has 7 heteroatoms. The Morgan fingerprint density at radius 1 is 1.25 bits per heavy atom. The van der Waals surface area contributed by atoms with Crippen molar-refractivity contribution >= 4 is 23.2 Å². The fraction of sp³-hybridized carbons (Fsp3) is 0.476. The van der Waals surface area contributed by atoms with Crippen LogP contribution >= 0.6 is 11.3 Å². The second-order valence-electron chi connectivity index (χ2n) is 7.31. The molecule has 1 aliphatic heterocycles. The van der Waals surface area contributed by atoms with Gasteiger partial charge in [-0.25, -0.2) is 4.98 Å². The number of nitrogens with one attached hydrogen (secondary N) is 2. The number of nitrogens with zero attached hydrogens (tertiary/aromatic N) is 2. The molecule has 1 aromatic carbocycles. The maximum absolute atomic E-state index is 12.3. The van der Waals surface area contributed by atoms with Crippen LogP contribution in [0.15, 0.2) is 35.8 Å². The third-order valence-electron chi connectivity index (χ3n) is 5.21. The molecule has 1 unspecified atom stereocenters. The largest absolute Gasteiger partial charge is 0.350 e. The summed E-state index contributed by atoms with van der Waals surface area (Å²) in [5.41, 5.74) is 3.61. The van der Waals surface area contributed by atoms with Crippen molar-refractivity contribution in [3.05, 3.63) is 52.0 Å². The van der Waals surface area contributed by atoms with Crippen LogP contribution in [0.25, 0.3) is 0 Å². The van der Waals surface area contributed by atoms with Crippen molar-refractivity contribution in [2.75, 3.05) is 19.6 Å². The van der Waals surface area contributed by atoms with E-state index in [-0.39, 0.29) is 23.9 Å². The van der Waals surface area contributed by atoms with Gasteiger partial charge in [0.1, 0.15) is 4.88 Å². The van der Waals surface area contributed by atoms with Gasteiger partial charge in [0.05, 0.1) is 17.2 Å². The lowest BCUT2D eigenvalue weighted by Crippen LogP contribution is -2.45. The Kier molecular flexibility index (Phi) is 7.17. The minimum atomic E-state index is -0.0206. The van der Waals surface area contributed by atoms with Crippen LogP contribution in [0.2, 0.25) is 0 Å². The smallest absolute Gasteiger partial charge is 0.263 e. The van der Waals surface area contributed by atoms with Crippen LogP contribution in [-0.2, 0) is 4.79 Å². The van der Waals surface area contributed by atoms with Crippen LogP contribution in [0, 0.1) is 6.92 Å². The molecule has 2 N–H and O–H groups in total. The summed E-state index contributed by atoms with van der Waals surface area (Å²) < 4.78 is 0. The van der Waals surface area contributed by atoms with Crippen LogP contribution in [0.5, 0.6) is 0 Å². The van der Waals surface area contributed by atoms with Gasteiger partial charge in [0.25, 0.3) is 5.91 Å². The van der Waals surface area contributed by atoms with Crippen molar-refractivity contribution in [2.45, 2.75) is 45.2 Å². The van der Waals surface area contributed by atoms with E-state index in [0.717, 1.165) is 43.7 Å². The summed E-state index contributed by atoms with van der Waals surface area (Å²) in [5, 5.41) is 6.18. The van der Waals surface area contributed by atoms with E-state index in [1.807, 2.05) is 44.2 Å². The first-order valence-corrected chi connectivity index (χ1v) is 10.7. The Balaban J connectivity index is 1.36. The molecule has 2 aromatic rings. The van der Waals surface area contributed by atoms with E-state index >= 15 is 0 Å². The van der Waals surface area contributed by atoms with E-state index in [9.17, 15) is 9.59 Å². The van der Waals surface area contributed by atoms with Gasteiger partial charge in [0.15, 0.2) is 0 Å². The maximum atomic E-state index is 12.3. The van der Waals surface area contributed by atoms with E-state index in [1.54, 1.807) is 5.51 Å². The topological polar surface area (TPSA) is 74.3 Å². The van der Waals surface area contributed by atoms with E-state index in [0.29, 0.717) is 11.3 Å². The number of aryl methyl sites for hydroxylation is 1. The predicted octanol–water partition coefficient (Wildman–Crippen LogP) is 2.91. The van der Waals surface area contributed by atoms with Crippen molar-refractivity contribution in [2.24, 2.45) is 0 Å². The number of hydrogen-bond donors (Lipinski definition) is 2. The second-order valence-corrected chi connectivity index (χ2v) is 8.16. The zero-order valence-corrected chi connectivity index (χ0v) is 17.3. The number of likely N-dealkylation sites (tertiary alicyclic amines) is 1. The molecule has 2 amide bonds. The van der Waals surface area contributed by atoms with Gasteiger partial charge in [-0.05, 0) is 32.3 Å². The first-order chi connectivity index (χ1) is 13.5. The molecule has 1 saturated heterocycles. The quantitative estimate of drug-likeness (QED) is 0.749. The number of rotatable bonds is 7. The van der Waals surface area contributed by atoms with Gasteiger partial charge in [-0.3, -0.25) is 9.59 Å². The highest BCUT2D eigenvalue weighted by Crippen LogP contribution is 2.16. The third kappa shape index (κ3) is 5.62. The van der Waals surface area contributed by atoms with Crippen molar-refractivity contribution in [1.82, 2.24) is 20.5 Å². The molecule has 0 spiro atoms. The Morgan fingerprint density at radius 2 is 1.96 bits per heavy atom. The standard InChI is InChI=1S/C21H28N4O2S/c1-15(17-6-4-3-5-7-17)23-19(26)10-13-25-11-8-18(9-12-25)24-21(27)20-16(2)22-14-28-20/h3-7,14-15,18H,8-13H2,1-2H3,(H,23,26)(H,24,27). The lowest BCUT2D eigenvalue weighted by Gasteiger charge is -2.32. The predicted molar refractivity (Wildman–Crippen MR) is 111 cm³/mol. The summed E-state index contributed by atoms with van der Waals surface area (Å²) in [5.74, 6) is 0.0557. The number of carbonyl (C=O) groups excluding carboxylic acids is 2. The zero-order chi connectivity index (χ0) is 19.9. The Hall–Kier alpha value is -2.25. The molecule has 2 heterocycles. The molecular formula is C21H28N4O2S. The van der Waals surface area contributed by atoms with Gasteiger partial charge in [-0.15, -0.1) is 11.3 Å². The van der Waals surface area contributed by atoms with Gasteiger partial charge in [-0.2, -0.15) is 0 Å². The lowest BCUT2D eigenvalue weighted by atomic mass is 10.0. The summed E-state index contributed by atoms with van der Waals surface area (Å²) in [4.78, 5) is 31.7. The lowest BCUT2D eigenvalue weighted by molar-refractivity contribution is -0.122. The van der Waals surface area contributed by atoms with E-state index in [2.05, 4.69) is 20.5 Å². The van der Waals surface area contributed by atoms with Gasteiger partial charge < -0.3 is 15.5 Å². The van der Waals surface area contributed by atoms with Gasteiger partial charge in [0.2, 0.25) is 5.91 Å². The number of hydrogen-bond acceptors (Lipinski definition) is 5. The number of aromatic nitrogens is 1. The highest BCUT2D eigenvalue weighted by Gasteiger charge is 2.23. The molecule has 1 aromatic heterocycles. The van der Waals surface area contributed by atoms with Crippen molar-refractivity contribution in [3.63, 3.8) is 0 Å². The highest BCUT2D eigenvalue weighted by molar-refractivity contribution is 7.11. The SMILES string of the molecule is Cc1ncsc1C(=O)NC1CCN(CCC(=O)NC(C)c2ccccc2)CC1. The zero-order valence-electron chi connectivity index (χ0n) is 16.5. The van der Waals surface area contributed by atoms with E-state index < -0.39 is 0 Å². The van der Waals surface area contributed by atoms with E-state index in [4.69, 9.17) is 0 Å². The molecule has 0 aliphatic carbocycles. The first kappa shape index (κ1) is 20.5. The number of amides is 2. The van der Waals surface area contributed by atoms with Crippen molar-refractivity contribution in [3.8, 4) is 0 Å². The van der Waals surface area contributed by atoms with Crippen LogP contribution in [0.3, 0.4) is 0 Å². The maximum Gasteiger partial charge on any atom is 0.263 e. The molecule has 1 fully saturated rings. The highest BCUT2D eigenvalue weighted by atomic mass is 32.1. The normalized spacial score (nSPS) is 16.5.